The molecule has 0 saturated heterocycles. The molecule has 1 aliphatic carbocycles. The van der Waals surface area contributed by atoms with Gasteiger partial charge < -0.3 is 15.7 Å². The molecule has 1 aliphatic heterocycles. The Labute approximate surface area is 244 Å². The van der Waals surface area contributed by atoms with Crippen LogP contribution >= 0.6 is 0 Å². The number of hydrogen-bond donors (Lipinski definition) is 3. The van der Waals surface area contributed by atoms with Crippen molar-refractivity contribution in [1.82, 2.24) is 14.8 Å². The first-order chi connectivity index (χ1) is 20.0. The molecule has 0 spiro atoms. The summed E-state index contributed by atoms with van der Waals surface area (Å²) in [4.78, 5) is 50.4. The maximum absolute atomic E-state index is 13.4. The molecule has 1 aromatic heterocycles. The second-order valence-corrected chi connectivity index (χ2v) is 12.0. The third kappa shape index (κ3) is 6.50. The number of rotatable bonds is 8. The summed E-state index contributed by atoms with van der Waals surface area (Å²) in [6.45, 7) is 5.03. The second-order valence-electron chi connectivity index (χ2n) is 12.0. The van der Waals surface area contributed by atoms with Crippen LogP contribution in [0.3, 0.4) is 0 Å². The number of urea groups is 1. The highest BCUT2D eigenvalue weighted by Gasteiger charge is 2.30. The molecule has 220 valence electrons. The summed E-state index contributed by atoms with van der Waals surface area (Å²) >= 11 is 0. The molecular weight excluding hydrogens is 536 g/mol. The van der Waals surface area contributed by atoms with Gasteiger partial charge in [0.25, 0.3) is 0 Å². The van der Waals surface area contributed by atoms with Gasteiger partial charge in [0.15, 0.2) is 0 Å². The van der Waals surface area contributed by atoms with Crippen LogP contribution in [0, 0.1) is 11.3 Å². The number of carbonyl (C=O) groups is 4. The zero-order chi connectivity index (χ0) is 30.0. The Kier molecular flexibility index (Phi) is 8.11. The van der Waals surface area contributed by atoms with Crippen molar-refractivity contribution in [2.75, 3.05) is 17.2 Å². The van der Waals surface area contributed by atoms with Crippen LogP contribution in [0.25, 0.3) is 10.9 Å². The lowest BCUT2D eigenvalue weighted by molar-refractivity contribution is -0.138. The SMILES string of the molecule is CC(C)(C)C(=O)Cc1ccc2c(c1)NC(=O)N(CC(=O)Nc1cccc3nn(CC(=O)O)cc13)N=C2C1CCCCC1. The van der Waals surface area contributed by atoms with Crippen molar-refractivity contribution < 1.29 is 24.3 Å². The Morgan fingerprint density at radius 3 is 2.55 bits per heavy atom. The Morgan fingerprint density at radius 2 is 1.83 bits per heavy atom. The number of Topliss-reactive ketones (excluding diaryl/α,β-unsaturated/α-hetero) is 1. The average Bonchev–Trinajstić information content (AvgIpc) is 3.28. The van der Waals surface area contributed by atoms with Crippen LogP contribution in [0.15, 0.2) is 47.7 Å². The number of benzene rings is 2. The predicted molar refractivity (Wildman–Crippen MR) is 159 cm³/mol. The lowest BCUT2D eigenvalue weighted by Gasteiger charge is -2.24. The van der Waals surface area contributed by atoms with Gasteiger partial charge in [-0.05, 0) is 36.6 Å². The van der Waals surface area contributed by atoms with Crippen molar-refractivity contribution in [3.63, 3.8) is 0 Å². The van der Waals surface area contributed by atoms with E-state index >= 15 is 0 Å². The summed E-state index contributed by atoms with van der Waals surface area (Å²) in [5, 5.41) is 25.6. The fourth-order valence-corrected chi connectivity index (χ4v) is 5.42. The van der Waals surface area contributed by atoms with Crippen molar-refractivity contribution in [1.29, 1.82) is 0 Å². The third-order valence-corrected chi connectivity index (χ3v) is 7.72. The fraction of sp³-hybridized carbons (Fsp3) is 0.419. The molecule has 0 unspecified atom stereocenters. The van der Waals surface area contributed by atoms with E-state index in [4.69, 9.17) is 10.2 Å². The van der Waals surface area contributed by atoms with Crippen LogP contribution in [0.4, 0.5) is 16.2 Å². The largest absolute Gasteiger partial charge is 0.480 e. The highest BCUT2D eigenvalue weighted by molar-refractivity contribution is 6.12. The number of hydrogen-bond acceptors (Lipinski definition) is 6. The van der Waals surface area contributed by atoms with Gasteiger partial charge in [0.05, 0.1) is 22.6 Å². The van der Waals surface area contributed by atoms with Crippen LogP contribution in [0.2, 0.25) is 0 Å². The predicted octanol–water partition coefficient (Wildman–Crippen LogP) is 5.05. The van der Waals surface area contributed by atoms with Gasteiger partial charge in [0.1, 0.15) is 18.9 Å². The minimum Gasteiger partial charge on any atom is -0.480 e. The van der Waals surface area contributed by atoms with Crippen LogP contribution in [0.5, 0.6) is 0 Å². The average molecular weight is 573 g/mol. The summed E-state index contributed by atoms with van der Waals surface area (Å²) in [6.07, 6.45) is 7.00. The summed E-state index contributed by atoms with van der Waals surface area (Å²) in [5.41, 5.74) is 3.48. The van der Waals surface area contributed by atoms with Gasteiger partial charge in [0.2, 0.25) is 5.91 Å². The van der Waals surface area contributed by atoms with Crippen molar-refractivity contribution in [2.45, 2.75) is 65.8 Å². The first kappa shape index (κ1) is 29.0. The van der Waals surface area contributed by atoms with E-state index in [2.05, 4.69) is 15.7 Å². The van der Waals surface area contributed by atoms with Gasteiger partial charge in [-0.25, -0.2) is 9.80 Å². The van der Waals surface area contributed by atoms with E-state index < -0.39 is 23.3 Å². The van der Waals surface area contributed by atoms with Crippen LogP contribution in [-0.2, 0) is 27.3 Å². The van der Waals surface area contributed by atoms with Gasteiger partial charge in [-0.15, -0.1) is 0 Å². The second kappa shape index (κ2) is 11.8. The molecule has 5 rings (SSSR count). The zero-order valence-corrected chi connectivity index (χ0v) is 24.1. The van der Waals surface area contributed by atoms with E-state index in [0.29, 0.717) is 22.3 Å². The number of anilines is 2. The molecule has 3 aromatic rings. The molecule has 0 atom stereocenters. The number of carbonyl (C=O) groups excluding carboxylic acids is 3. The molecule has 11 heteroatoms. The molecule has 0 bridgehead atoms. The topological polar surface area (TPSA) is 146 Å². The lowest BCUT2D eigenvalue weighted by atomic mass is 9.82. The number of amides is 3. The quantitative estimate of drug-likeness (QED) is 0.344. The molecule has 42 heavy (non-hydrogen) atoms. The number of aliphatic carboxylic acids is 1. The Balaban J connectivity index is 1.40. The van der Waals surface area contributed by atoms with E-state index in [0.717, 1.165) is 54.0 Å². The molecule has 1 saturated carbocycles. The maximum Gasteiger partial charge on any atom is 0.342 e. The minimum atomic E-state index is -1.03. The van der Waals surface area contributed by atoms with E-state index in [1.165, 1.54) is 4.68 Å². The molecule has 1 fully saturated rings. The summed E-state index contributed by atoms with van der Waals surface area (Å²) in [5.74, 6) is -1.24. The lowest BCUT2D eigenvalue weighted by Crippen LogP contribution is -2.37. The third-order valence-electron chi connectivity index (χ3n) is 7.72. The molecule has 3 N–H and O–H groups in total. The summed E-state index contributed by atoms with van der Waals surface area (Å²) < 4.78 is 1.30. The molecule has 3 amide bonds. The highest BCUT2D eigenvalue weighted by atomic mass is 16.4. The van der Waals surface area contributed by atoms with E-state index in [-0.39, 0.29) is 31.2 Å². The van der Waals surface area contributed by atoms with Crippen molar-refractivity contribution in [3.8, 4) is 0 Å². The normalized spacial score (nSPS) is 15.9. The van der Waals surface area contributed by atoms with E-state index in [9.17, 15) is 19.2 Å². The highest BCUT2D eigenvalue weighted by Crippen LogP contribution is 2.33. The first-order valence-electron chi connectivity index (χ1n) is 14.3. The van der Waals surface area contributed by atoms with Crippen LogP contribution in [-0.4, -0.2) is 55.8 Å². The number of carboxylic acids is 1. The zero-order valence-electron chi connectivity index (χ0n) is 24.1. The van der Waals surface area contributed by atoms with Crippen molar-refractivity contribution >= 4 is 51.7 Å². The Hall–Kier alpha value is -4.54. The van der Waals surface area contributed by atoms with Crippen LogP contribution in [0.1, 0.15) is 64.0 Å². The first-order valence-corrected chi connectivity index (χ1v) is 14.3. The van der Waals surface area contributed by atoms with E-state index in [1.807, 2.05) is 39.0 Å². The Bertz CT molecular complexity index is 1580. The maximum atomic E-state index is 13.4. The van der Waals surface area contributed by atoms with Gasteiger partial charge in [-0.1, -0.05) is 58.2 Å². The van der Waals surface area contributed by atoms with Crippen LogP contribution < -0.4 is 10.6 Å². The molecule has 11 nitrogen and oxygen atoms in total. The van der Waals surface area contributed by atoms with Gasteiger partial charge >= 0.3 is 12.0 Å². The summed E-state index contributed by atoms with van der Waals surface area (Å²) in [7, 11) is 0. The van der Waals surface area contributed by atoms with Crippen molar-refractivity contribution in [2.24, 2.45) is 16.4 Å². The van der Waals surface area contributed by atoms with Gasteiger partial charge in [0, 0.05) is 34.9 Å². The number of hydrazone groups is 1. The van der Waals surface area contributed by atoms with Gasteiger partial charge in [-0.3, -0.25) is 19.1 Å². The van der Waals surface area contributed by atoms with E-state index in [1.54, 1.807) is 24.4 Å². The number of nitrogens with one attached hydrogen (secondary N) is 2. The number of carboxylic acid groups (broad SMARTS) is 1. The summed E-state index contributed by atoms with van der Waals surface area (Å²) in [6, 6.07) is 10.3. The number of fused-ring (bicyclic) bond motifs is 2. The molecule has 2 heterocycles. The monoisotopic (exact) mass is 572 g/mol. The van der Waals surface area contributed by atoms with Crippen molar-refractivity contribution in [3.05, 3.63) is 53.7 Å². The molecule has 2 aromatic carbocycles. The molecule has 0 radical (unpaired) electrons. The fourth-order valence-electron chi connectivity index (χ4n) is 5.42. The smallest absolute Gasteiger partial charge is 0.342 e. The standard InChI is InChI=1S/C31H36N6O5/c1-31(2,3)26(38)15-19-12-13-21-25(14-19)33-30(42)37(35-29(21)20-8-5-4-6-9-20)17-27(39)32-23-10-7-11-24-22(23)16-36(34-24)18-28(40)41/h7,10-14,16,20H,4-6,8-9,15,17-18H2,1-3H3,(H,32,39)(H,33,42)(H,40,41). The Morgan fingerprint density at radius 1 is 1.07 bits per heavy atom. The molecule has 2 aliphatic rings. The number of nitrogens with zero attached hydrogens (tertiary/aromatic N) is 4. The number of ketones is 1. The molecular formula is C31H36N6O5. The minimum absolute atomic E-state index is 0.102. The van der Waals surface area contributed by atoms with Gasteiger partial charge in [-0.2, -0.15) is 10.2 Å². The number of aromatic nitrogens is 2.